The van der Waals surface area contributed by atoms with Gasteiger partial charge in [-0.05, 0) is 37.5 Å². The number of hydrogen-bond donors (Lipinski definition) is 0. The molecular weight excluding hydrogens is 260 g/mol. The van der Waals surface area contributed by atoms with Crippen molar-refractivity contribution in [2.75, 3.05) is 13.2 Å². The Morgan fingerprint density at radius 3 is 2.10 bits per heavy atom. The van der Waals surface area contributed by atoms with Crippen molar-refractivity contribution in [2.45, 2.75) is 91.3 Å². The molecular formula is C19H36O2. The zero-order valence-electron chi connectivity index (χ0n) is 14.5. The smallest absolute Gasteiger partial charge is 0.157 e. The van der Waals surface area contributed by atoms with E-state index in [0.717, 1.165) is 31.5 Å². The molecule has 0 bridgehead atoms. The summed E-state index contributed by atoms with van der Waals surface area (Å²) >= 11 is 0. The minimum atomic E-state index is 0.0704. The Labute approximate surface area is 132 Å². The topological polar surface area (TPSA) is 18.5 Å². The second-order valence-electron chi connectivity index (χ2n) is 7.71. The van der Waals surface area contributed by atoms with E-state index in [4.69, 9.17) is 9.47 Å². The Morgan fingerprint density at radius 2 is 1.52 bits per heavy atom. The van der Waals surface area contributed by atoms with Gasteiger partial charge in [0.1, 0.15) is 0 Å². The van der Waals surface area contributed by atoms with Gasteiger partial charge >= 0.3 is 0 Å². The van der Waals surface area contributed by atoms with Gasteiger partial charge in [-0.15, -0.1) is 0 Å². The fourth-order valence-corrected chi connectivity index (χ4v) is 4.18. The first-order valence-corrected chi connectivity index (χ1v) is 9.41. The predicted octanol–water partition coefficient (Wildman–Crippen LogP) is 5.55. The second-order valence-corrected chi connectivity index (χ2v) is 7.71. The van der Waals surface area contributed by atoms with Crippen molar-refractivity contribution < 1.29 is 9.47 Å². The van der Waals surface area contributed by atoms with Crippen LogP contribution in [-0.2, 0) is 9.47 Å². The van der Waals surface area contributed by atoms with Gasteiger partial charge in [0.25, 0.3) is 0 Å². The number of unbranched alkanes of at least 4 members (excludes halogenated alkanes) is 2. The van der Waals surface area contributed by atoms with Crippen LogP contribution in [0.15, 0.2) is 0 Å². The first kappa shape index (κ1) is 17.3. The van der Waals surface area contributed by atoms with Gasteiger partial charge in [-0.3, -0.25) is 0 Å². The van der Waals surface area contributed by atoms with Crippen molar-refractivity contribution >= 4 is 0 Å². The Hall–Kier alpha value is -0.0800. The molecule has 2 nitrogen and oxygen atoms in total. The van der Waals surface area contributed by atoms with Crippen molar-refractivity contribution in [1.82, 2.24) is 0 Å². The highest BCUT2D eigenvalue weighted by molar-refractivity contribution is 4.88. The van der Waals surface area contributed by atoms with Crippen LogP contribution in [0.4, 0.5) is 0 Å². The minimum Gasteiger partial charge on any atom is -0.352 e. The Kier molecular flexibility index (Phi) is 7.01. The Balaban J connectivity index is 1.72. The molecule has 0 atom stereocenters. The summed E-state index contributed by atoms with van der Waals surface area (Å²) in [6.45, 7) is 8.77. The number of rotatable bonds is 7. The van der Waals surface area contributed by atoms with E-state index < -0.39 is 0 Å². The summed E-state index contributed by atoms with van der Waals surface area (Å²) in [4.78, 5) is 0. The molecule has 2 fully saturated rings. The second kappa shape index (κ2) is 8.53. The molecule has 0 amide bonds. The summed E-state index contributed by atoms with van der Waals surface area (Å²) in [7, 11) is 0. The number of hydrogen-bond acceptors (Lipinski definition) is 2. The molecule has 1 aliphatic heterocycles. The van der Waals surface area contributed by atoms with E-state index in [1.807, 2.05) is 0 Å². The largest absolute Gasteiger partial charge is 0.352 e. The van der Waals surface area contributed by atoms with E-state index in [0.29, 0.717) is 0 Å². The van der Waals surface area contributed by atoms with Gasteiger partial charge in [-0.25, -0.2) is 0 Å². The van der Waals surface area contributed by atoms with Crippen molar-refractivity contribution in [1.29, 1.82) is 0 Å². The highest BCUT2D eigenvalue weighted by Crippen LogP contribution is 2.43. The third-order valence-electron chi connectivity index (χ3n) is 5.77. The highest BCUT2D eigenvalue weighted by Gasteiger charge is 2.40. The maximum Gasteiger partial charge on any atom is 0.157 e. The zero-order chi connectivity index (χ0) is 15.1. The van der Waals surface area contributed by atoms with Gasteiger partial charge in [-0.1, -0.05) is 59.3 Å². The Bertz CT molecular complexity index is 273. The molecule has 0 unspecified atom stereocenters. The summed E-state index contributed by atoms with van der Waals surface area (Å²) in [5.74, 6) is 1.80. The molecule has 21 heavy (non-hydrogen) atoms. The van der Waals surface area contributed by atoms with Gasteiger partial charge in [0.2, 0.25) is 0 Å². The molecule has 1 heterocycles. The molecule has 1 aliphatic carbocycles. The van der Waals surface area contributed by atoms with E-state index in [1.165, 1.54) is 57.8 Å². The zero-order valence-corrected chi connectivity index (χ0v) is 14.5. The summed E-state index contributed by atoms with van der Waals surface area (Å²) in [6.07, 6.45) is 13.3. The van der Waals surface area contributed by atoms with E-state index in [1.54, 1.807) is 0 Å². The van der Waals surface area contributed by atoms with Crippen LogP contribution in [0.1, 0.15) is 85.0 Å². The van der Waals surface area contributed by atoms with Crippen LogP contribution in [-0.4, -0.2) is 19.5 Å². The first-order chi connectivity index (χ1) is 10.2. The minimum absolute atomic E-state index is 0.0704. The average Bonchev–Trinajstić information content (AvgIpc) is 2.51. The quantitative estimate of drug-likeness (QED) is 0.573. The fourth-order valence-electron chi connectivity index (χ4n) is 4.18. The van der Waals surface area contributed by atoms with Gasteiger partial charge < -0.3 is 9.47 Å². The van der Waals surface area contributed by atoms with Crippen molar-refractivity contribution in [3.8, 4) is 0 Å². The first-order valence-electron chi connectivity index (χ1n) is 9.41. The van der Waals surface area contributed by atoms with Crippen LogP contribution < -0.4 is 0 Å². The SMILES string of the molecule is CCCCC[C@H]1OC[C@@](C)(C2CCC(CCC)CC2)CO1. The van der Waals surface area contributed by atoms with Gasteiger partial charge in [-0.2, -0.15) is 0 Å². The lowest BCUT2D eigenvalue weighted by atomic mass is 9.67. The average molecular weight is 296 g/mol. The molecule has 0 aromatic carbocycles. The summed E-state index contributed by atoms with van der Waals surface area (Å²) in [6, 6.07) is 0. The number of ether oxygens (including phenoxy) is 2. The molecule has 0 aromatic heterocycles. The van der Waals surface area contributed by atoms with Crippen LogP contribution in [0.2, 0.25) is 0 Å². The van der Waals surface area contributed by atoms with Crippen LogP contribution in [0.5, 0.6) is 0 Å². The molecule has 1 saturated heterocycles. The molecule has 0 aromatic rings. The molecule has 124 valence electrons. The predicted molar refractivity (Wildman–Crippen MR) is 88.3 cm³/mol. The van der Waals surface area contributed by atoms with Crippen molar-refractivity contribution in [2.24, 2.45) is 17.3 Å². The maximum absolute atomic E-state index is 6.05. The van der Waals surface area contributed by atoms with Crippen LogP contribution in [0.25, 0.3) is 0 Å². The molecule has 0 spiro atoms. The molecule has 2 heteroatoms. The lowest BCUT2D eigenvalue weighted by molar-refractivity contribution is -0.241. The summed E-state index contributed by atoms with van der Waals surface area (Å²) < 4.78 is 12.1. The van der Waals surface area contributed by atoms with Crippen LogP contribution in [0, 0.1) is 17.3 Å². The molecule has 2 aliphatic rings. The normalized spacial score (nSPS) is 37.6. The summed E-state index contributed by atoms with van der Waals surface area (Å²) in [5, 5.41) is 0. The van der Waals surface area contributed by atoms with E-state index >= 15 is 0 Å². The molecule has 1 saturated carbocycles. The fraction of sp³-hybridized carbons (Fsp3) is 1.00. The summed E-state index contributed by atoms with van der Waals surface area (Å²) in [5.41, 5.74) is 0.262. The lowest BCUT2D eigenvalue weighted by Gasteiger charge is -2.45. The monoisotopic (exact) mass is 296 g/mol. The molecule has 0 N–H and O–H groups in total. The van der Waals surface area contributed by atoms with Gasteiger partial charge in [0.15, 0.2) is 6.29 Å². The van der Waals surface area contributed by atoms with Crippen molar-refractivity contribution in [3.05, 3.63) is 0 Å². The third kappa shape index (κ3) is 4.96. The van der Waals surface area contributed by atoms with Gasteiger partial charge in [0.05, 0.1) is 13.2 Å². The standard InChI is InChI=1S/C19H36O2/c1-4-6-7-9-18-20-14-19(3,15-21-18)17-12-10-16(8-5-2)11-13-17/h16-18H,4-15H2,1-3H3/t16?,17?,18-,19+. The third-order valence-corrected chi connectivity index (χ3v) is 5.77. The Morgan fingerprint density at radius 1 is 0.857 bits per heavy atom. The molecule has 2 rings (SSSR count). The van der Waals surface area contributed by atoms with E-state index in [-0.39, 0.29) is 11.7 Å². The highest BCUT2D eigenvalue weighted by atomic mass is 16.7. The van der Waals surface area contributed by atoms with Gasteiger partial charge in [0, 0.05) is 5.41 Å². The van der Waals surface area contributed by atoms with Crippen LogP contribution >= 0.6 is 0 Å². The molecule has 0 radical (unpaired) electrons. The van der Waals surface area contributed by atoms with E-state index in [2.05, 4.69) is 20.8 Å². The maximum atomic E-state index is 6.05. The van der Waals surface area contributed by atoms with E-state index in [9.17, 15) is 0 Å². The van der Waals surface area contributed by atoms with Crippen molar-refractivity contribution in [3.63, 3.8) is 0 Å². The van der Waals surface area contributed by atoms with Crippen LogP contribution in [0.3, 0.4) is 0 Å². The lowest BCUT2D eigenvalue weighted by Crippen LogP contribution is -2.45.